The summed E-state index contributed by atoms with van der Waals surface area (Å²) in [6, 6.07) is 0. The molecule has 0 amide bonds. The van der Waals surface area contributed by atoms with Crippen molar-refractivity contribution in [2.45, 2.75) is 136 Å². The van der Waals surface area contributed by atoms with E-state index in [4.69, 9.17) is 18.9 Å². The van der Waals surface area contributed by atoms with E-state index in [2.05, 4.69) is 20.8 Å². The molecule has 7 heteroatoms. The Morgan fingerprint density at radius 1 is 0.459 bits per heavy atom. The van der Waals surface area contributed by atoms with Gasteiger partial charge < -0.3 is 18.9 Å². The lowest BCUT2D eigenvalue weighted by Gasteiger charge is -2.31. The summed E-state index contributed by atoms with van der Waals surface area (Å²) in [5, 5.41) is 0. The van der Waals surface area contributed by atoms with Crippen LogP contribution in [0.1, 0.15) is 136 Å². The fraction of sp³-hybridized carbons (Fsp3) is 0.900. The predicted octanol–water partition coefficient (Wildman–Crippen LogP) is 7.33. The first kappa shape index (κ1) is 35.4. The van der Waals surface area contributed by atoms with Crippen molar-refractivity contribution in [2.24, 2.45) is 5.41 Å². The largest absolute Gasteiger partial charge is 0.465 e. The second-order valence-electron chi connectivity index (χ2n) is 10.4. The molecule has 0 saturated carbocycles. The highest BCUT2D eigenvalue weighted by Gasteiger charge is 2.36. The normalized spacial score (nSPS) is 11.4. The topological polar surface area (TPSA) is 88.1 Å². The van der Waals surface area contributed by atoms with Gasteiger partial charge in [0.1, 0.15) is 19.8 Å². The monoisotopic (exact) mass is 528 g/mol. The van der Waals surface area contributed by atoms with Crippen LogP contribution in [0.4, 0.5) is 0 Å². The lowest BCUT2D eigenvalue weighted by atomic mass is 9.92. The number of hydrogen-bond donors (Lipinski definition) is 0. The lowest BCUT2D eigenvalue weighted by molar-refractivity contribution is -0.166. The van der Waals surface area contributed by atoms with Crippen molar-refractivity contribution in [3.8, 4) is 0 Å². The summed E-state index contributed by atoms with van der Waals surface area (Å²) >= 11 is 0. The molecule has 0 bridgehead atoms. The molecule has 0 N–H and O–H groups in total. The molecule has 0 aromatic carbocycles. The summed E-state index contributed by atoms with van der Waals surface area (Å²) < 4.78 is 22.1. The molecule has 0 spiro atoms. The van der Waals surface area contributed by atoms with E-state index in [0.29, 0.717) is 19.3 Å². The van der Waals surface area contributed by atoms with E-state index in [0.717, 1.165) is 77.0 Å². The smallest absolute Gasteiger partial charge is 0.305 e. The highest BCUT2D eigenvalue weighted by atomic mass is 16.6. The number of methoxy groups -OCH3 is 1. The van der Waals surface area contributed by atoms with Gasteiger partial charge in [0.25, 0.3) is 0 Å². The Bertz CT molecular complexity index is 502. The van der Waals surface area contributed by atoms with E-state index in [-0.39, 0.29) is 44.3 Å². The maximum atomic E-state index is 12.4. The molecular weight excluding hydrogens is 472 g/mol. The first-order valence-electron chi connectivity index (χ1n) is 14.9. The van der Waals surface area contributed by atoms with Crippen LogP contribution in [0.15, 0.2) is 0 Å². The molecule has 0 rings (SSSR count). The Morgan fingerprint density at radius 3 is 1.03 bits per heavy atom. The zero-order chi connectivity index (χ0) is 27.6. The predicted molar refractivity (Wildman–Crippen MR) is 147 cm³/mol. The third-order valence-corrected chi connectivity index (χ3v) is 6.52. The molecule has 0 aliphatic heterocycles. The van der Waals surface area contributed by atoms with Crippen molar-refractivity contribution >= 4 is 17.9 Å². The molecule has 0 aromatic rings. The highest BCUT2D eigenvalue weighted by Crippen LogP contribution is 2.22. The summed E-state index contributed by atoms with van der Waals surface area (Å²) in [5.74, 6) is -0.871. The Hall–Kier alpha value is -1.63. The molecule has 0 atom stereocenters. The number of esters is 3. The van der Waals surface area contributed by atoms with Gasteiger partial charge in [-0.3, -0.25) is 14.4 Å². The van der Waals surface area contributed by atoms with Gasteiger partial charge in [-0.2, -0.15) is 0 Å². The molecule has 0 aromatic heterocycles. The molecule has 0 saturated heterocycles. The summed E-state index contributed by atoms with van der Waals surface area (Å²) in [7, 11) is 1.54. The summed E-state index contributed by atoms with van der Waals surface area (Å²) in [4.78, 5) is 37.1. The minimum Gasteiger partial charge on any atom is -0.465 e. The Balaban J connectivity index is 4.91. The van der Waals surface area contributed by atoms with Gasteiger partial charge in [-0.1, -0.05) is 97.8 Å². The number of carbonyl (C=O) groups is 3. The Morgan fingerprint density at radius 2 is 0.757 bits per heavy atom. The fourth-order valence-electron chi connectivity index (χ4n) is 4.09. The molecule has 0 aliphatic rings. The van der Waals surface area contributed by atoms with E-state index in [1.54, 1.807) is 0 Å². The third-order valence-electron chi connectivity index (χ3n) is 6.52. The van der Waals surface area contributed by atoms with Crippen LogP contribution < -0.4 is 0 Å². The van der Waals surface area contributed by atoms with Crippen molar-refractivity contribution in [3.05, 3.63) is 0 Å². The molecule has 0 radical (unpaired) electrons. The SMILES string of the molecule is CCCCCCCC(=O)OCC(COC)(COC(=O)CCCCCCC)COC(=O)CCCCCCC. The van der Waals surface area contributed by atoms with Gasteiger partial charge in [-0.25, -0.2) is 0 Å². The van der Waals surface area contributed by atoms with Gasteiger partial charge in [0, 0.05) is 26.4 Å². The first-order valence-corrected chi connectivity index (χ1v) is 14.9. The van der Waals surface area contributed by atoms with Crippen LogP contribution in [0.25, 0.3) is 0 Å². The molecule has 7 nitrogen and oxygen atoms in total. The van der Waals surface area contributed by atoms with E-state index in [9.17, 15) is 14.4 Å². The number of hydrogen-bond acceptors (Lipinski definition) is 7. The van der Waals surface area contributed by atoms with Crippen molar-refractivity contribution in [3.63, 3.8) is 0 Å². The van der Waals surface area contributed by atoms with Crippen LogP contribution in [-0.2, 0) is 33.3 Å². The van der Waals surface area contributed by atoms with Gasteiger partial charge in [0.05, 0.1) is 12.0 Å². The quantitative estimate of drug-likeness (QED) is 0.0659. The van der Waals surface area contributed by atoms with Crippen LogP contribution in [0.3, 0.4) is 0 Å². The molecule has 0 aliphatic carbocycles. The van der Waals surface area contributed by atoms with Gasteiger partial charge in [-0.15, -0.1) is 0 Å². The van der Waals surface area contributed by atoms with Crippen molar-refractivity contribution in [1.29, 1.82) is 0 Å². The molecule has 37 heavy (non-hydrogen) atoms. The maximum absolute atomic E-state index is 12.4. The third kappa shape index (κ3) is 21.0. The van der Waals surface area contributed by atoms with Gasteiger partial charge in [0.2, 0.25) is 0 Å². The lowest BCUT2D eigenvalue weighted by Crippen LogP contribution is -2.43. The average Bonchev–Trinajstić information content (AvgIpc) is 2.89. The maximum Gasteiger partial charge on any atom is 0.305 e. The summed E-state index contributed by atoms with van der Waals surface area (Å²) in [6.07, 6.45) is 16.7. The summed E-state index contributed by atoms with van der Waals surface area (Å²) in [6.45, 7) is 6.53. The molecular formula is C30H56O7. The number of ether oxygens (including phenoxy) is 4. The van der Waals surface area contributed by atoms with E-state index in [1.807, 2.05) is 0 Å². The van der Waals surface area contributed by atoms with Crippen LogP contribution >= 0.6 is 0 Å². The second-order valence-corrected chi connectivity index (χ2v) is 10.4. The van der Waals surface area contributed by atoms with Crippen LogP contribution in [0.2, 0.25) is 0 Å². The highest BCUT2D eigenvalue weighted by molar-refractivity contribution is 5.70. The molecule has 0 fully saturated rings. The molecule has 0 unspecified atom stereocenters. The summed E-state index contributed by atoms with van der Waals surface area (Å²) in [5.41, 5.74) is -0.928. The van der Waals surface area contributed by atoms with Crippen molar-refractivity contribution in [1.82, 2.24) is 0 Å². The minimum atomic E-state index is -0.928. The van der Waals surface area contributed by atoms with Gasteiger partial charge in [-0.05, 0) is 19.3 Å². The zero-order valence-corrected chi connectivity index (χ0v) is 24.4. The van der Waals surface area contributed by atoms with E-state index in [1.165, 1.54) is 26.4 Å². The average molecular weight is 529 g/mol. The van der Waals surface area contributed by atoms with Crippen molar-refractivity contribution < 1.29 is 33.3 Å². The van der Waals surface area contributed by atoms with Crippen LogP contribution in [0.5, 0.6) is 0 Å². The number of unbranched alkanes of at least 4 members (excludes halogenated alkanes) is 12. The Kier molecular flexibility index (Phi) is 23.6. The van der Waals surface area contributed by atoms with E-state index >= 15 is 0 Å². The standard InChI is InChI=1S/C30H56O7/c1-5-8-11-14-17-20-27(31)35-24-30(23-34-4,25-36-28(32)21-18-15-12-9-6-2)26-37-29(33)22-19-16-13-10-7-3/h5-26H2,1-4H3. The van der Waals surface area contributed by atoms with Crippen LogP contribution in [0, 0.1) is 5.41 Å². The minimum absolute atomic E-state index is 0.0256. The van der Waals surface area contributed by atoms with Gasteiger partial charge >= 0.3 is 17.9 Å². The zero-order valence-electron chi connectivity index (χ0n) is 24.4. The number of carbonyl (C=O) groups excluding carboxylic acids is 3. The first-order chi connectivity index (χ1) is 17.9. The van der Waals surface area contributed by atoms with Crippen LogP contribution in [-0.4, -0.2) is 51.4 Å². The second kappa shape index (κ2) is 24.7. The Labute approximate surface area is 226 Å². The number of rotatable bonds is 26. The van der Waals surface area contributed by atoms with Crippen molar-refractivity contribution in [2.75, 3.05) is 33.5 Å². The van der Waals surface area contributed by atoms with E-state index < -0.39 is 5.41 Å². The van der Waals surface area contributed by atoms with Gasteiger partial charge in [0.15, 0.2) is 0 Å². The molecule has 0 heterocycles. The molecule has 218 valence electrons. The fourth-order valence-corrected chi connectivity index (χ4v) is 4.09.